The average molecular weight is 323 g/mol. The molecule has 0 saturated heterocycles. The molecular formula is C16H29N5O2. The number of aliphatic imine (C=N–C) groups is 1. The summed E-state index contributed by atoms with van der Waals surface area (Å²) in [6.07, 6.45) is 4.17. The highest BCUT2D eigenvalue weighted by atomic mass is 16.5. The summed E-state index contributed by atoms with van der Waals surface area (Å²) in [4.78, 5) is 8.94. The molecule has 1 aliphatic carbocycles. The molecule has 0 aliphatic heterocycles. The maximum Gasteiger partial charge on any atom is 0.228 e. The fraction of sp³-hybridized carbons (Fsp3) is 0.812. The first-order valence-electron chi connectivity index (χ1n) is 8.63. The highest BCUT2D eigenvalue weighted by Gasteiger charge is 2.20. The molecule has 0 unspecified atom stereocenters. The van der Waals surface area contributed by atoms with Gasteiger partial charge in [-0.25, -0.2) is 0 Å². The normalized spacial score (nSPS) is 22.4. The topological polar surface area (TPSA) is 95.6 Å². The minimum atomic E-state index is -0.139. The van der Waals surface area contributed by atoms with Crippen LogP contribution in [0.5, 0.6) is 0 Å². The van der Waals surface area contributed by atoms with Gasteiger partial charge in [0, 0.05) is 24.9 Å². The predicted octanol–water partition coefficient (Wildman–Crippen LogP) is 1.59. The Kier molecular flexibility index (Phi) is 6.83. The maximum absolute atomic E-state index is 9.58. The van der Waals surface area contributed by atoms with Crippen molar-refractivity contribution < 1.29 is 9.63 Å². The second kappa shape index (κ2) is 8.86. The number of aliphatic hydroxyl groups excluding tert-OH is 1. The molecule has 1 fully saturated rings. The van der Waals surface area contributed by atoms with Crippen molar-refractivity contribution >= 4 is 5.96 Å². The van der Waals surface area contributed by atoms with E-state index in [2.05, 4.69) is 32.7 Å². The molecule has 23 heavy (non-hydrogen) atoms. The van der Waals surface area contributed by atoms with Crippen LogP contribution in [-0.4, -0.2) is 46.4 Å². The first kappa shape index (κ1) is 17.7. The quantitative estimate of drug-likeness (QED) is 0.543. The molecule has 0 bridgehead atoms. The fourth-order valence-electron chi connectivity index (χ4n) is 2.60. The van der Waals surface area contributed by atoms with Gasteiger partial charge in [-0.05, 0) is 32.6 Å². The molecule has 1 heterocycles. The van der Waals surface area contributed by atoms with Crippen LogP contribution >= 0.6 is 0 Å². The zero-order chi connectivity index (χ0) is 16.7. The summed E-state index contributed by atoms with van der Waals surface area (Å²) in [5.74, 6) is 2.47. The number of aliphatic hydroxyl groups is 1. The van der Waals surface area contributed by atoms with E-state index in [9.17, 15) is 5.11 Å². The lowest BCUT2D eigenvalue weighted by Crippen LogP contribution is -2.45. The number of nitrogens with one attached hydrogen (secondary N) is 2. The van der Waals surface area contributed by atoms with Crippen LogP contribution in [0.2, 0.25) is 0 Å². The van der Waals surface area contributed by atoms with Gasteiger partial charge in [-0.1, -0.05) is 19.0 Å². The summed E-state index contributed by atoms with van der Waals surface area (Å²) in [5.41, 5.74) is 0. The summed E-state index contributed by atoms with van der Waals surface area (Å²) in [6.45, 7) is 7.56. The Morgan fingerprint density at radius 3 is 2.70 bits per heavy atom. The molecule has 0 radical (unpaired) electrons. The van der Waals surface area contributed by atoms with Crippen LogP contribution in [0.25, 0.3) is 0 Å². The van der Waals surface area contributed by atoms with Crippen molar-refractivity contribution in [3.8, 4) is 0 Å². The van der Waals surface area contributed by atoms with E-state index in [1.165, 1.54) is 0 Å². The van der Waals surface area contributed by atoms with Crippen LogP contribution in [-0.2, 0) is 6.42 Å². The van der Waals surface area contributed by atoms with Crippen molar-refractivity contribution in [3.63, 3.8) is 0 Å². The highest BCUT2D eigenvalue weighted by molar-refractivity contribution is 5.80. The Labute approximate surface area is 138 Å². The molecule has 1 saturated carbocycles. The highest BCUT2D eigenvalue weighted by Crippen LogP contribution is 2.18. The van der Waals surface area contributed by atoms with Gasteiger partial charge in [0.2, 0.25) is 5.89 Å². The molecule has 0 aromatic carbocycles. The first-order chi connectivity index (χ1) is 11.1. The molecule has 0 atom stereocenters. The number of aromatic nitrogens is 2. The van der Waals surface area contributed by atoms with E-state index in [0.29, 0.717) is 24.9 Å². The Balaban J connectivity index is 1.82. The second-order valence-corrected chi connectivity index (χ2v) is 6.36. The van der Waals surface area contributed by atoms with Crippen LogP contribution < -0.4 is 10.6 Å². The van der Waals surface area contributed by atoms with E-state index in [4.69, 9.17) is 4.52 Å². The zero-order valence-corrected chi connectivity index (χ0v) is 14.4. The summed E-state index contributed by atoms with van der Waals surface area (Å²) in [5, 5.41) is 20.2. The monoisotopic (exact) mass is 323 g/mol. The van der Waals surface area contributed by atoms with E-state index >= 15 is 0 Å². The van der Waals surface area contributed by atoms with E-state index in [1.807, 2.05) is 13.8 Å². The summed E-state index contributed by atoms with van der Waals surface area (Å²) in [6, 6.07) is 0.382. The van der Waals surface area contributed by atoms with Gasteiger partial charge >= 0.3 is 0 Å². The molecule has 3 N–H and O–H groups in total. The van der Waals surface area contributed by atoms with Crippen molar-refractivity contribution in [2.75, 3.05) is 13.1 Å². The molecule has 0 spiro atoms. The van der Waals surface area contributed by atoms with Crippen LogP contribution in [0, 0.1) is 0 Å². The average Bonchev–Trinajstić information content (AvgIpc) is 2.99. The maximum atomic E-state index is 9.58. The van der Waals surface area contributed by atoms with E-state index in [0.717, 1.165) is 44.0 Å². The third-order valence-corrected chi connectivity index (χ3v) is 3.98. The van der Waals surface area contributed by atoms with E-state index in [1.54, 1.807) is 0 Å². The molecule has 0 amide bonds. The van der Waals surface area contributed by atoms with Crippen LogP contribution in [0.4, 0.5) is 0 Å². The summed E-state index contributed by atoms with van der Waals surface area (Å²) >= 11 is 0. The lowest BCUT2D eigenvalue weighted by molar-refractivity contribution is 0.120. The Hall–Kier alpha value is -1.63. The Morgan fingerprint density at radius 2 is 2.09 bits per heavy atom. The van der Waals surface area contributed by atoms with Crippen LogP contribution in [0.3, 0.4) is 0 Å². The number of guanidine groups is 1. The summed E-state index contributed by atoms with van der Waals surface area (Å²) in [7, 11) is 0. The van der Waals surface area contributed by atoms with Crippen molar-refractivity contribution in [1.29, 1.82) is 0 Å². The lowest BCUT2D eigenvalue weighted by atomic mass is 9.93. The van der Waals surface area contributed by atoms with Gasteiger partial charge in [0.05, 0.1) is 12.6 Å². The molecule has 1 aliphatic rings. The number of hydrogen-bond acceptors (Lipinski definition) is 5. The Bertz CT molecular complexity index is 492. The van der Waals surface area contributed by atoms with Crippen LogP contribution in [0.15, 0.2) is 9.52 Å². The second-order valence-electron chi connectivity index (χ2n) is 6.36. The standard InChI is InChI=1S/C16H29N5O2/c1-4-17-16(19-12-5-7-13(22)8-6-12)18-10-9-14-20-15(11(2)3)21-23-14/h11-13,22H,4-10H2,1-3H3,(H2,17,18,19). The SMILES string of the molecule is CCNC(=NCCc1nc(C(C)C)no1)NC1CCC(O)CC1. The first-order valence-corrected chi connectivity index (χ1v) is 8.63. The van der Waals surface area contributed by atoms with Crippen molar-refractivity contribution in [2.24, 2.45) is 4.99 Å². The van der Waals surface area contributed by atoms with Gasteiger partial charge in [0.25, 0.3) is 0 Å². The molecule has 7 nitrogen and oxygen atoms in total. The molecular weight excluding hydrogens is 294 g/mol. The van der Waals surface area contributed by atoms with Crippen molar-refractivity contribution in [2.45, 2.75) is 70.9 Å². The van der Waals surface area contributed by atoms with Crippen molar-refractivity contribution in [3.05, 3.63) is 11.7 Å². The third-order valence-electron chi connectivity index (χ3n) is 3.98. The molecule has 1 aromatic rings. The number of hydrogen-bond donors (Lipinski definition) is 3. The lowest BCUT2D eigenvalue weighted by Gasteiger charge is -2.27. The molecule has 1 aromatic heterocycles. The Morgan fingerprint density at radius 1 is 1.35 bits per heavy atom. The molecule has 130 valence electrons. The van der Waals surface area contributed by atoms with Gasteiger partial charge < -0.3 is 20.3 Å². The molecule has 7 heteroatoms. The minimum Gasteiger partial charge on any atom is -0.393 e. The number of rotatable bonds is 6. The van der Waals surface area contributed by atoms with Crippen LogP contribution in [0.1, 0.15) is 64.1 Å². The van der Waals surface area contributed by atoms with Gasteiger partial charge in [-0.2, -0.15) is 4.98 Å². The predicted molar refractivity (Wildman–Crippen MR) is 89.5 cm³/mol. The smallest absolute Gasteiger partial charge is 0.228 e. The summed E-state index contributed by atoms with van der Waals surface area (Å²) < 4.78 is 5.23. The van der Waals surface area contributed by atoms with Gasteiger partial charge in [-0.15, -0.1) is 0 Å². The van der Waals surface area contributed by atoms with E-state index < -0.39 is 0 Å². The minimum absolute atomic E-state index is 0.139. The van der Waals surface area contributed by atoms with Crippen molar-refractivity contribution in [1.82, 2.24) is 20.8 Å². The zero-order valence-electron chi connectivity index (χ0n) is 14.4. The molecule has 2 rings (SSSR count). The largest absolute Gasteiger partial charge is 0.393 e. The third kappa shape index (κ3) is 5.82. The van der Waals surface area contributed by atoms with E-state index in [-0.39, 0.29) is 12.0 Å². The van der Waals surface area contributed by atoms with Gasteiger partial charge in [0.15, 0.2) is 11.8 Å². The fourth-order valence-corrected chi connectivity index (χ4v) is 2.60. The van der Waals surface area contributed by atoms with Gasteiger partial charge in [-0.3, -0.25) is 4.99 Å². The number of nitrogens with zero attached hydrogens (tertiary/aromatic N) is 3. The van der Waals surface area contributed by atoms with Gasteiger partial charge in [0.1, 0.15) is 0 Å².